The largest absolute Gasteiger partial charge is 0.449 e. The highest BCUT2D eigenvalue weighted by molar-refractivity contribution is 6.36. The molecule has 0 heterocycles. The van der Waals surface area contributed by atoms with Crippen LogP contribution in [-0.4, -0.2) is 35.5 Å². The molecule has 7 heteroatoms. The van der Waals surface area contributed by atoms with Crippen LogP contribution in [0.2, 0.25) is 10.0 Å². The molecule has 1 fully saturated rings. The molecule has 0 aliphatic heterocycles. The lowest BCUT2D eigenvalue weighted by molar-refractivity contribution is -0.143. The van der Waals surface area contributed by atoms with Crippen molar-refractivity contribution < 1.29 is 14.3 Å². The predicted octanol–water partition coefficient (Wildman–Crippen LogP) is 4.22. The highest BCUT2D eigenvalue weighted by atomic mass is 35.5. The Balaban J connectivity index is 2.09. The molecular formula is C18H20Cl2N2O3. The topological polar surface area (TPSA) is 70.4 Å². The van der Waals surface area contributed by atoms with Gasteiger partial charge in [0.2, 0.25) is 0 Å². The minimum absolute atomic E-state index is 0.140. The second-order valence-corrected chi connectivity index (χ2v) is 7.12. The molecule has 0 radical (unpaired) electrons. The van der Waals surface area contributed by atoms with Crippen LogP contribution in [0, 0.1) is 11.3 Å². The maximum absolute atomic E-state index is 12.7. The van der Waals surface area contributed by atoms with Crippen LogP contribution >= 0.6 is 23.2 Å². The number of halogens is 2. The highest BCUT2D eigenvalue weighted by Crippen LogP contribution is 2.33. The molecule has 0 bridgehead atoms. The third-order valence-corrected chi connectivity index (χ3v) is 5.19. The Kier molecular flexibility index (Phi) is 6.31. The summed E-state index contributed by atoms with van der Waals surface area (Å²) < 4.78 is 5.25. The van der Waals surface area contributed by atoms with Crippen LogP contribution in [0.25, 0.3) is 0 Å². The van der Waals surface area contributed by atoms with Gasteiger partial charge in [-0.15, -0.1) is 0 Å². The van der Waals surface area contributed by atoms with Gasteiger partial charge in [-0.1, -0.05) is 42.5 Å². The van der Waals surface area contributed by atoms with Gasteiger partial charge in [0, 0.05) is 12.1 Å². The van der Waals surface area contributed by atoms with Crippen molar-refractivity contribution in [2.75, 3.05) is 7.05 Å². The van der Waals surface area contributed by atoms with Crippen LogP contribution in [0.3, 0.4) is 0 Å². The summed E-state index contributed by atoms with van der Waals surface area (Å²) in [6.45, 7) is 1.49. The number of nitrogens with zero attached hydrogens (tertiary/aromatic N) is 2. The first-order valence-electron chi connectivity index (χ1n) is 8.16. The monoisotopic (exact) mass is 382 g/mol. The van der Waals surface area contributed by atoms with E-state index in [-0.39, 0.29) is 10.6 Å². The molecule has 1 saturated carbocycles. The normalized spacial score (nSPS) is 17.2. The summed E-state index contributed by atoms with van der Waals surface area (Å²) in [5, 5.41) is 10.1. The van der Waals surface area contributed by atoms with Gasteiger partial charge in [-0.05, 0) is 38.0 Å². The summed E-state index contributed by atoms with van der Waals surface area (Å²) in [6, 6.07) is 6.69. The van der Waals surface area contributed by atoms with Crippen LogP contribution in [0.5, 0.6) is 0 Å². The summed E-state index contributed by atoms with van der Waals surface area (Å²) in [7, 11) is 1.59. The number of carbonyl (C=O) groups excluding carboxylic acids is 2. The van der Waals surface area contributed by atoms with Crippen molar-refractivity contribution in [1.82, 2.24) is 4.90 Å². The molecule has 1 aromatic rings. The Morgan fingerprint density at radius 2 is 1.92 bits per heavy atom. The van der Waals surface area contributed by atoms with Gasteiger partial charge in [-0.2, -0.15) is 5.26 Å². The van der Waals surface area contributed by atoms with Crippen molar-refractivity contribution in [3.05, 3.63) is 33.8 Å². The quantitative estimate of drug-likeness (QED) is 0.730. The number of rotatable bonds is 4. The Morgan fingerprint density at radius 1 is 1.28 bits per heavy atom. The number of benzene rings is 1. The lowest BCUT2D eigenvalue weighted by atomic mass is 9.81. The molecule has 0 N–H and O–H groups in total. The van der Waals surface area contributed by atoms with Crippen LogP contribution in [0.4, 0.5) is 0 Å². The summed E-state index contributed by atoms with van der Waals surface area (Å²) in [5.74, 6) is -1.10. The van der Waals surface area contributed by atoms with Gasteiger partial charge in [-0.25, -0.2) is 4.79 Å². The third-order valence-electron chi connectivity index (χ3n) is 4.64. The van der Waals surface area contributed by atoms with Crippen molar-refractivity contribution >= 4 is 35.1 Å². The van der Waals surface area contributed by atoms with E-state index in [4.69, 9.17) is 27.9 Å². The second kappa shape index (κ2) is 8.07. The molecule has 5 nitrogen and oxygen atoms in total. The molecule has 1 aliphatic rings. The first-order valence-corrected chi connectivity index (χ1v) is 8.91. The van der Waals surface area contributed by atoms with E-state index in [0.717, 1.165) is 19.3 Å². The first-order chi connectivity index (χ1) is 11.8. The highest BCUT2D eigenvalue weighted by Gasteiger charge is 2.40. The van der Waals surface area contributed by atoms with Crippen LogP contribution < -0.4 is 0 Å². The molecule has 1 atom stereocenters. The van der Waals surface area contributed by atoms with Crippen molar-refractivity contribution in [2.24, 2.45) is 0 Å². The molecule has 25 heavy (non-hydrogen) atoms. The smallest absolute Gasteiger partial charge is 0.340 e. The summed E-state index contributed by atoms with van der Waals surface area (Å²) >= 11 is 11.8. The van der Waals surface area contributed by atoms with Crippen LogP contribution in [0.1, 0.15) is 49.4 Å². The van der Waals surface area contributed by atoms with Gasteiger partial charge in [-0.3, -0.25) is 4.79 Å². The number of hydrogen-bond acceptors (Lipinski definition) is 4. The maximum Gasteiger partial charge on any atom is 0.340 e. The average Bonchev–Trinajstić information content (AvgIpc) is 2.60. The molecule has 2 rings (SSSR count). The standard InChI is InChI=1S/C18H20Cl2N2O3/c1-12(25-17(24)14-7-6-13(19)10-15(14)20)16(23)22(2)18(11-21)8-4-3-5-9-18/h6-7,10,12H,3-5,8-9H2,1-2H3/t12-/m0/s1. The van der Waals surface area contributed by atoms with Gasteiger partial charge >= 0.3 is 5.97 Å². The van der Waals surface area contributed by atoms with E-state index in [1.165, 1.54) is 30.0 Å². The molecular weight excluding hydrogens is 363 g/mol. The third kappa shape index (κ3) is 4.26. The van der Waals surface area contributed by atoms with E-state index in [0.29, 0.717) is 17.9 Å². The van der Waals surface area contributed by atoms with E-state index in [9.17, 15) is 14.9 Å². The van der Waals surface area contributed by atoms with Crippen molar-refractivity contribution in [2.45, 2.75) is 50.7 Å². The average molecular weight is 383 g/mol. The number of carbonyl (C=O) groups is 2. The fourth-order valence-corrected chi connectivity index (χ4v) is 3.56. The van der Waals surface area contributed by atoms with E-state index in [2.05, 4.69) is 6.07 Å². The molecule has 134 valence electrons. The summed E-state index contributed by atoms with van der Waals surface area (Å²) in [4.78, 5) is 26.3. The summed E-state index contributed by atoms with van der Waals surface area (Å²) in [5.41, 5.74) is -0.686. The maximum atomic E-state index is 12.7. The Hall–Kier alpha value is -1.77. The van der Waals surface area contributed by atoms with Crippen molar-refractivity contribution in [3.63, 3.8) is 0 Å². The Morgan fingerprint density at radius 3 is 2.48 bits per heavy atom. The molecule has 1 aromatic carbocycles. The van der Waals surface area contributed by atoms with Gasteiger partial charge in [0.25, 0.3) is 5.91 Å². The minimum atomic E-state index is -1.02. The molecule has 0 saturated heterocycles. The zero-order valence-corrected chi connectivity index (χ0v) is 15.7. The lowest BCUT2D eigenvalue weighted by Crippen LogP contribution is -2.53. The Bertz CT molecular complexity index is 709. The van der Waals surface area contributed by atoms with E-state index < -0.39 is 23.5 Å². The van der Waals surface area contributed by atoms with E-state index in [1.807, 2.05) is 0 Å². The number of nitriles is 1. The summed E-state index contributed by atoms with van der Waals surface area (Å²) in [6.07, 6.45) is 3.12. The van der Waals surface area contributed by atoms with E-state index in [1.54, 1.807) is 7.05 Å². The van der Waals surface area contributed by atoms with Gasteiger partial charge in [0.05, 0.1) is 16.7 Å². The van der Waals surface area contributed by atoms with E-state index >= 15 is 0 Å². The zero-order chi connectivity index (χ0) is 18.6. The molecule has 0 spiro atoms. The predicted molar refractivity (Wildman–Crippen MR) is 95.5 cm³/mol. The van der Waals surface area contributed by atoms with Gasteiger partial charge < -0.3 is 9.64 Å². The second-order valence-electron chi connectivity index (χ2n) is 6.27. The first kappa shape index (κ1) is 19.6. The molecule has 0 aromatic heterocycles. The Labute approximate surface area is 157 Å². The molecule has 1 aliphatic carbocycles. The van der Waals surface area contributed by atoms with Crippen LogP contribution in [-0.2, 0) is 9.53 Å². The van der Waals surface area contributed by atoms with Gasteiger partial charge in [0.15, 0.2) is 6.10 Å². The number of likely N-dealkylation sites (N-methyl/N-ethyl adjacent to an activating group) is 1. The fraction of sp³-hybridized carbons (Fsp3) is 0.500. The zero-order valence-electron chi connectivity index (χ0n) is 14.2. The van der Waals surface area contributed by atoms with Crippen molar-refractivity contribution in [3.8, 4) is 6.07 Å². The molecule has 1 amide bonds. The lowest BCUT2D eigenvalue weighted by Gasteiger charge is -2.39. The number of esters is 1. The van der Waals surface area contributed by atoms with Crippen molar-refractivity contribution in [1.29, 1.82) is 5.26 Å². The number of amides is 1. The van der Waals surface area contributed by atoms with Gasteiger partial charge in [0.1, 0.15) is 5.54 Å². The fourth-order valence-electron chi connectivity index (χ4n) is 3.07. The van der Waals surface area contributed by atoms with Crippen LogP contribution in [0.15, 0.2) is 18.2 Å². The number of ether oxygens (including phenoxy) is 1. The SMILES string of the molecule is C[C@H](OC(=O)c1ccc(Cl)cc1Cl)C(=O)N(C)C1(C#N)CCCCC1. The molecule has 0 unspecified atom stereocenters. The minimum Gasteiger partial charge on any atom is -0.449 e. The number of hydrogen-bond donors (Lipinski definition) is 0.